The third kappa shape index (κ3) is 1.59. The van der Waals surface area contributed by atoms with E-state index in [2.05, 4.69) is 63.3 Å². The number of benzene rings is 2. The summed E-state index contributed by atoms with van der Waals surface area (Å²) in [7, 11) is -1.52. The molecule has 0 aliphatic carbocycles. The van der Waals surface area contributed by atoms with Crippen molar-refractivity contribution < 1.29 is 0 Å². The van der Waals surface area contributed by atoms with Gasteiger partial charge < -0.3 is 0 Å². The first-order chi connectivity index (χ1) is 8.51. The standard InChI is InChI=1S/C16H18SSi/c1-11-7-5-9-13-15(11)17-16-12(2)8-6-10-14(16)18(13,3)4/h5-10H,1-4H3. The zero-order valence-electron chi connectivity index (χ0n) is 11.4. The number of hydrogen-bond donors (Lipinski definition) is 0. The summed E-state index contributed by atoms with van der Waals surface area (Å²) in [4.78, 5) is 3.02. The van der Waals surface area contributed by atoms with Crippen LogP contribution < -0.4 is 10.4 Å². The van der Waals surface area contributed by atoms with E-state index in [0.29, 0.717) is 0 Å². The van der Waals surface area contributed by atoms with Crippen molar-refractivity contribution in [3.63, 3.8) is 0 Å². The molecule has 1 aliphatic rings. The van der Waals surface area contributed by atoms with Gasteiger partial charge in [-0.15, -0.1) is 0 Å². The highest BCUT2D eigenvalue weighted by atomic mass is 32.2. The molecule has 92 valence electrons. The largest absolute Gasteiger partial charge is 0.115 e. The van der Waals surface area contributed by atoms with E-state index in [1.54, 1.807) is 10.4 Å². The second kappa shape index (κ2) is 4.00. The van der Waals surface area contributed by atoms with Gasteiger partial charge in [0.25, 0.3) is 0 Å². The minimum absolute atomic E-state index is 1.42. The average molecular weight is 270 g/mol. The summed E-state index contributed by atoms with van der Waals surface area (Å²) in [5, 5.41) is 3.20. The summed E-state index contributed by atoms with van der Waals surface area (Å²) in [6, 6.07) is 13.6. The molecular formula is C16H18SSi. The molecule has 0 aromatic heterocycles. The van der Waals surface area contributed by atoms with E-state index < -0.39 is 8.07 Å². The van der Waals surface area contributed by atoms with Gasteiger partial charge in [-0.2, -0.15) is 0 Å². The predicted octanol–water partition coefficient (Wildman–Crippen LogP) is 3.59. The van der Waals surface area contributed by atoms with Crippen LogP contribution in [0.2, 0.25) is 13.1 Å². The Morgan fingerprint density at radius 2 is 1.22 bits per heavy atom. The van der Waals surface area contributed by atoms with Gasteiger partial charge in [-0.3, -0.25) is 0 Å². The van der Waals surface area contributed by atoms with Crippen LogP contribution in [0, 0.1) is 13.8 Å². The quantitative estimate of drug-likeness (QED) is 0.659. The molecule has 0 bridgehead atoms. The van der Waals surface area contributed by atoms with Crippen LogP contribution in [0.15, 0.2) is 46.2 Å². The second-order valence-electron chi connectivity index (χ2n) is 5.63. The first-order valence-electron chi connectivity index (χ1n) is 6.40. The van der Waals surface area contributed by atoms with E-state index >= 15 is 0 Å². The highest BCUT2D eigenvalue weighted by Gasteiger charge is 2.35. The molecule has 0 radical (unpaired) electrons. The summed E-state index contributed by atoms with van der Waals surface area (Å²) in [6.45, 7) is 9.42. The number of hydrogen-bond acceptors (Lipinski definition) is 1. The highest BCUT2D eigenvalue weighted by molar-refractivity contribution is 8.00. The fourth-order valence-electron chi connectivity index (χ4n) is 2.81. The molecule has 2 aromatic carbocycles. The third-order valence-corrected chi connectivity index (χ3v) is 9.36. The molecule has 0 saturated carbocycles. The van der Waals surface area contributed by atoms with Gasteiger partial charge in [0.1, 0.15) is 8.07 Å². The molecule has 0 atom stereocenters. The Morgan fingerprint density at radius 1 is 0.778 bits per heavy atom. The minimum atomic E-state index is -1.52. The van der Waals surface area contributed by atoms with E-state index in [1.807, 2.05) is 11.8 Å². The molecule has 2 aromatic rings. The number of aryl methyl sites for hydroxylation is 2. The predicted molar refractivity (Wildman–Crippen MR) is 83.2 cm³/mol. The minimum Gasteiger partial charge on any atom is -0.0898 e. The van der Waals surface area contributed by atoms with Crippen molar-refractivity contribution in [2.45, 2.75) is 36.7 Å². The molecule has 0 fully saturated rings. The smallest absolute Gasteiger partial charge is 0.0898 e. The molecule has 0 amide bonds. The van der Waals surface area contributed by atoms with Crippen LogP contribution in [0.4, 0.5) is 0 Å². The molecule has 0 saturated heterocycles. The van der Waals surface area contributed by atoms with Gasteiger partial charge in [-0.25, -0.2) is 0 Å². The third-order valence-electron chi connectivity index (χ3n) is 3.97. The van der Waals surface area contributed by atoms with Crippen molar-refractivity contribution in [2.75, 3.05) is 0 Å². The average Bonchev–Trinajstić information content (AvgIpc) is 2.32. The molecule has 2 heteroatoms. The second-order valence-corrected chi connectivity index (χ2v) is 11.0. The number of fused-ring (bicyclic) bond motifs is 2. The first kappa shape index (κ1) is 12.1. The van der Waals surface area contributed by atoms with Crippen molar-refractivity contribution in [3.8, 4) is 0 Å². The Morgan fingerprint density at radius 3 is 1.67 bits per heavy atom. The summed E-state index contributed by atoms with van der Waals surface area (Å²) in [5.41, 5.74) is 2.85. The summed E-state index contributed by atoms with van der Waals surface area (Å²) < 4.78 is 0. The van der Waals surface area contributed by atoms with Crippen LogP contribution in [0.3, 0.4) is 0 Å². The fraction of sp³-hybridized carbons (Fsp3) is 0.250. The van der Waals surface area contributed by atoms with Crippen LogP contribution in [0.5, 0.6) is 0 Å². The lowest BCUT2D eigenvalue weighted by atomic mass is 10.2. The first-order valence-corrected chi connectivity index (χ1v) is 10.2. The molecule has 0 unspecified atom stereocenters. The topological polar surface area (TPSA) is 0 Å². The van der Waals surface area contributed by atoms with E-state index in [4.69, 9.17) is 0 Å². The SMILES string of the molecule is Cc1cccc2c1Sc1c(C)cccc1[Si]2(C)C. The summed E-state index contributed by atoms with van der Waals surface area (Å²) in [6.07, 6.45) is 0. The Hall–Kier alpha value is -0.993. The lowest BCUT2D eigenvalue weighted by molar-refractivity contribution is 1.27. The van der Waals surface area contributed by atoms with Crippen LogP contribution >= 0.6 is 11.8 Å². The Labute approximate surface area is 114 Å². The van der Waals surface area contributed by atoms with Crippen LogP contribution in [0.25, 0.3) is 0 Å². The van der Waals surface area contributed by atoms with Crippen molar-refractivity contribution in [2.24, 2.45) is 0 Å². The van der Waals surface area contributed by atoms with Crippen molar-refractivity contribution in [3.05, 3.63) is 47.5 Å². The molecule has 1 heterocycles. The Bertz CT molecular complexity index is 575. The van der Waals surface area contributed by atoms with Gasteiger partial charge in [0.15, 0.2) is 0 Å². The maximum atomic E-state index is 2.48. The van der Waals surface area contributed by atoms with Gasteiger partial charge in [-0.05, 0) is 35.3 Å². The van der Waals surface area contributed by atoms with E-state index in [9.17, 15) is 0 Å². The van der Waals surface area contributed by atoms with E-state index in [1.165, 1.54) is 20.9 Å². The highest BCUT2D eigenvalue weighted by Crippen LogP contribution is 2.36. The molecule has 0 N–H and O–H groups in total. The fourth-order valence-corrected chi connectivity index (χ4v) is 8.51. The zero-order valence-corrected chi connectivity index (χ0v) is 13.2. The molecule has 0 nitrogen and oxygen atoms in total. The number of rotatable bonds is 0. The van der Waals surface area contributed by atoms with Crippen LogP contribution in [0.1, 0.15) is 11.1 Å². The summed E-state index contributed by atoms with van der Waals surface area (Å²) >= 11 is 1.97. The van der Waals surface area contributed by atoms with Gasteiger partial charge in [0, 0.05) is 9.79 Å². The molecule has 18 heavy (non-hydrogen) atoms. The van der Waals surface area contributed by atoms with Crippen LogP contribution in [-0.4, -0.2) is 8.07 Å². The van der Waals surface area contributed by atoms with Crippen LogP contribution in [-0.2, 0) is 0 Å². The molecular weight excluding hydrogens is 252 g/mol. The maximum absolute atomic E-state index is 2.48. The van der Waals surface area contributed by atoms with Gasteiger partial charge in [-0.1, -0.05) is 61.3 Å². The molecule has 0 spiro atoms. The summed E-state index contributed by atoms with van der Waals surface area (Å²) in [5.74, 6) is 0. The van der Waals surface area contributed by atoms with E-state index in [0.717, 1.165) is 0 Å². The van der Waals surface area contributed by atoms with Gasteiger partial charge in [0.05, 0.1) is 0 Å². The maximum Gasteiger partial charge on any atom is 0.115 e. The monoisotopic (exact) mass is 270 g/mol. The molecule has 1 aliphatic heterocycles. The van der Waals surface area contributed by atoms with Crippen molar-refractivity contribution in [1.82, 2.24) is 0 Å². The Kier molecular flexibility index (Phi) is 2.68. The lowest BCUT2D eigenvalue weighted by Gasteiger charge is -2.34. The van der Waals surface area contributed by atoms with Gasteiger partial charge in [0.2, 0.25) is 0 Å². The molecule has 3 rings (SSSR count). The van der Waals surface area contributed by atoms with Crippen molar-refractivity contribution >= 4 is 30.2 Å². The zero-order chi connectivity index (χ0) is 12.9. The lowest BCUT2D eigenvalue weighted by Crippen LogP contribution is -2.56. The normalized spacial score (nSPS) is 16.0. The van der Waals surface area contributed by atoms with Gasteiger partial charge >= 0.3 is 0 Å². The van der Waals surface area contributed by atoms with Crippen molar-refractivity contribution in [1.29, 1.82) is 0 Å². The van der Waals surface area contributed by atoms with E-state index in [-0.39, 0.29) is 0 Å². The Balaban J connectivity index is 2.33.